The Labute approximate surface area is 105 Å². The number of carbonyl (C=O) groups is 1. The van der Waals surface area contributed by atoms with E-state index in [1.54, 1.807) is 10.9 Å². The minimum absolute atomic E-state index is 0.170. The van der Waals surface area contributed by atoms with E-state index >= 15 is 0 Å². The number of anilines is 1. The lowest BCUT2D eigenvalue weighted by molar-refractivity contribution is 0.101. The Morgan fingerprint density at radius 3 is 2.83 bits per heavy atom. The lowest BCUT2D eigenvalue weighted by atomic mass is 10.3. The van der Waals surface area contributed by atoms with E-state index in [2.05, 4.69) is 20.6 Å². The van der Waals surface area contributed by atoms with Gasteiger partial charge in [-0.3, -0.25) is 14.6 Å². The quantitative estimate of drug-likeness (QED) is 0.864. The number of nitrogens with zero attached hydrogens (tertiary/aromatic N) is 3. The summed E-state index contributed by atoms with van der Waals surface area (Å²) < 4.78 is 1.71. The summed E-state index contributed by atoms with van der Waals surface area (Å²) in [4.78, 5) is 12.2. The minimum atomic E-state index is -0.170. The summed E-state index contributed by atoms with van der Waals surface area (Å²) in [5.41, 5.74) is 2.40. The van der Waals surface area contributed by atoms with Gasteiger partial charge >= 0.3 is 0 Å². The van der Waals surface area contributed by atoms with Gasteiger partial charge in [0.05, 0.1) is 11.9 Å². The molecule has 0 aliphatic heterocycles. The van der Waals surface area contributed by atoms with Crippen LogP contribution in [0.3, 0.4) is 0 Å². The standard InChI is InChI=1S/C12H17N5O/c1-4-9-6-10(17(5-2)16-9)12(18)14-11-8(3)7-13-15-11/h6-7H,4-5H2,1-3H3,(H2,13,14,15,18). The number of carbonyl (C=O) groups excluding carboxylic acids is 1. The molecule has 0 saturated heterocycles. The molecule has 0 atom stereocenters. The Bertz CT molecular complexity index is 555. The van der Waals surface area contributed by atoms with Gasteiger partial charge in [0, 0.05) is 12.1 Å². The third kappa shape index (κ3) is 2.27. The van der Waals surface area contributed by atoms with Crippen LogP contribution in [0.5, 0.6) is 0 Å². The van der Waals surface area contributed by atoms with E-state index in [1.165, 1.54) is 0 Å². The van der Waals surface area contributed by atoms with Crippen molar-refractivity contribution in [3.05, 3.63) is 29.2 Å². The molecule has 0 aromatic carbocycles. The maximum atomic E-state index is 12.2. The highest BCUT2D eigenvalue weighted by Crippen LogP contribution is 2.12. The summed E-state index contributed by atoms with van der Waals surface area (Å²) in [6.45, 7) is 6.53. The maximum absolute atomic E-state index is 12.2. The number of aryl methyl sites for hydroxylation is 3. The SMILES string of the molecule is CCc1cc(C(=O)Nc2[nH]ncc2C)n(CC)n1. The van der Waals surface area contributed by atoms with E-state index in [0.29, 0.717) is 18.1 Å². The predicted octanol–water partition coefficient (Wildman–Crippen LogP) is 1.75. The average molecular weight is 247 g/mol. The molecule has 6 heteroatoms. The Morgan fingerprint density at radius 2 is 2.28 bits per heavy atom. The molecule has 96 valence electrons. The molecule has 2 heterocycles. The van der Waals surface area contributed by atoms with Crippen LogP contribution in [0.1, 0.15) is 35.6 Å². The van der Waals surface area contributed by atoms with E-state index < -0.39 is 0 Å². The number of hydrogen-bond acceptors (Lipinski definition) is 3. The highest BCUT2D eigenvalue weighted by Gasteiger charge is 2.15. The van der Waals surface area contributed by atoms with Crippen LogP contribution in [0.2, 0.25) is 0 Å². The molecule has 0 spiro atoms. The molecule has 0 radical (unpaired) electrons. The lowest BCUT2D eigenvalue weighted by Gasteiger charge is -2.05. The van der Waals surface area contributed by atoms with E-state index in [9.17, 15) is 4.79 Å². The molecule has 0 bridgehead atoms. The Morgan fingerprint density at radius 1 is 1.50 bits per heavy atom. The second-order valence-electron chi connectivity index (χ2n) is 4.07. The Kier molecular flexibility index (Phi) is 3.45. The predicted molar refractivity (Wildman–Crippen MR) is 68.6 cm³/mol. The molecule has 0 saturated carbocycles. The van der Waals surface area contributed by atoms with Gasteiger partial charge in [0.1, 0.15) is 11.5 Å². The molecule has 18 heavy (non-hydrogen) atoms. The third-order valence-electron chi connectivity index (χ3n) is 2.79. The van der Waals surface area contributed by atoms with Crippen molar-refractivity contribution >= 4 is 11.7 Å². The van der Waals surface area contributed by atoms with Gasteiger partial charge in [-0.25, -0.2) is 0 Å². The number of nitrogens with one attached hydrogen (secondary N) is 2. The van der Waals surface area contributed by atoms with Gasteiger partial charge in [0.25, 0.3) is 5.91 Å². The molecule has 0 aliphatic carbocycles. The summed E-state index contributed by atoms with van der Waals surface area (Å²) in [7, 11) is 0. The zero-order valence-corrected chi connectivity index (χ0v) is 10.8. The number of aromatic nitrogens is 4. The van der Waals surface area contributed by atoms with Crippen molar-refractivity contribution in [3.63, 3.8) is 0 Å². The van der Waals surface area contributed by atoms with Gasteiger partial charge in [-0.05, 0) is 26.3 Å². The molecule has 6 nitrogen and oxygen atoms in total. The fourth-order valence-corrected chi connectivity index (χ4v) is 1.72. The third-order valence-corrected chi connectivity index (χ3v) is 2.79. The largest absolute Gasteiger partial charge is 0.305 e. The van der Waals surface area contributed by atoms with Gasteiger partial charge in [-0.1, -0.05) is 6.92 Å². The highest BCUT2D eigenvalue weighted by molar-refractivity contribution is 6.02. The molecule has 2 aromatic rings. The average Bonchev–Trinajstić information content (AvgIpc) is 2.96. The molecule has 0 fully saturated rings. The van der Waals surface area contributed by atoms with Gasteiger partial charge < -0.3 is 5.32 Å². The lowest BCUT2D eigenvalue weighted by Crippen LogP contribution is -2.18. The van der Waals surface area contributed by atoms with Crippen molar-refractivity contribution in [1.82, 2.24) is 20.0 Å². The summed E-state index contributed by atoms with van der Waals surface area (Å²) in [6, 6.07) is 1.82. The van der Waals surface area contributed by atoms with Crippen LogP contribution in [0, 0.1) is 6.92 Å². The first-order valence-electron chi connectivity index (χ1n) is 6.03. The Hall–Kier alpha value is -2.11. The fourth-order valence-electron chi connectivity index (χ4n) is 1.72. The van der Waals surface area contributed by atoms with Crippen LogP contribution < -0.4 is 5.32 Å². The van der Waals surface area contributed by atoms with E-state index in [1.807, 2.05) is 26.8 Å². The van der Waals surface area contributed by atoms with E-state index in [4.69, 9.17) is 0 Å². The van der Waals surface area contributed by atoms with E-state index in [0.717, 1.165) is 17.7 Å². The van der Waals surface area contributed by atoms with Gasteiger partial charge in [0.2, 0.25) is 0 Å². The van der Waals surface area contributed by atoms with Crippen LogP contribution in [0.4, 0.5) is 5.82 Å². The van der Waals surface area contributed by atoms with Gasteiger partial charge in [-0.15, -0.1) is 0 Å². The van der Waals surface area contributed by atoms with Crippen LogP contribution in [-0.2, 0) is 13.0 Å². The van der Waals surface area contributed by atoms with Crippen LogP contribution in [-0.4, -0.2) is 25.9 Å². The number of aromatic amines is 1. The van der Waals surface area contributed by atoms with Crippen molar-refractivity contribution < 1.29 is 4.79 Å². The van der Waals surface area contributed by atoms with Crippen molar-refractivity contribution in [2.75, 3.05) is 5.32 Å². The van der Waals surface area contributed by atoms with Crippen LogP contribution in [0.15, 0.2) is 12.3 Å². The van der Waals surface area contributed by atoms with Crippen LogP contribution in [0.25, 0.3) is 0 Å². The number of rotatable bonds is 4. The maximum Gasteiger partial charge on any atom is 0.275 e. The van der Waals surface area contributed by atoms with Crippen molar-refractivity contribution in [2.24, 2.45) is 0 Å². The zero-order chi connectivity index (χ0) is 13.1. The molecule has 2 aromatic heterocycles. The second kappa shape index (κ2) is 5.03. The zero-order valence-electron chi connectivity index (χ0n) is 10.8. The summed E-state index contributed by atoms with van der Waals surface area (Å²) >= 11 is 0. The number of amides is 1. The summed E-state index contributed by atoms with van der Waals surface area (Å²) in [6.07, 6.45) is 2.49. The van der Waals surface area contributed by atoms with Crippen molar-refractivity contribution in [3.8, 4) is 0 Å². The van der Waals surface area contributed by atoms with Crippen molar-refractivity contribution in [2.45, 2.75) is 33.7 Å². The molecule has 1 amide bonds. The fraction of sp³-hybridized carbons (Fsp3) is 0.417. The normalized spacial score (nSPS) is 10.6. The number of H-pyrrole nitrogens is 1. The summed E-state index contributed by atoms with van der Waals surface area (Å²) in [5.74, 6) is 0.457. The Balaban J connectivity index is 2.23. The molecule has 0 aliphatic rings. The first kappa shape index (κ1) is 12.3. The monoisotopic (exact) mass is 247 g/mol. The van der Waals surface area contributed by atoms with Crippen LogP contribution >= 0.6 is 0 Å². The minimum Gasteiger partial charge on any atom is -0.305 e. The van der Waals surface area contributed by atoms with Crippen molar-refractivity contribution in [1.29, 1.82) is 0 Å². The molecule has 2 rings (SSSR count). The second-order valence-corrected chi connectivity index (χ2v) is 4.07. The molecular formula is C12H17N5O. The summed E-state index contributed by atoms with van der Waals surface area (Å²) in [5, 5.41) is 13.8. The molecular weight excluding hydrogens is 230 g/mol. The molecule has 0 unspecified atom stereocenters. The number of hydrogen-bond donors (Lipinski definition) is 2. The molecule has 2 N–H and O–H groups in total. The smallest absolute Gasteiger partial charge is 0.275 e. The first-order valence-corrected chi connectivity index (χ1v) is 6.03. The topological polar surface area (TPSA) is 75.6 Å². The highest BCUT2D eigenvalue weighted by atomic mass is 16.2. The van der Waals surface area contributed by atoms with E-state index in [-0.39, 0.29) is 5.91 Å². The first-order chi connectivity index (χ1) is 8.65. The van der Waals surface area contributed by atoms with Gasteiger partial charge in [-0.2, -0.15) is 10.2 Å². The van der Waals surface area contributed by atoms with Gasteiger partial charge in [0.15, 0.2) is 0 Å².